The molecule has 0 bridgehead atoms. The van der Waals surface area contributed by atoms with Crippen LogP contribution in [0.5, 0.6) is 5.75 Å². The van der Waals surface area contributed by atoms with E-state index in [0.29, 0.717) is 0 Å². The zero-order valence-corrected chi connectivity index (χ0v) is 19.0. The van der Waals surface area contributed by atoms with Crippen molar-refractivity contribution < 1.29 is 9.53 Å². The zero-order valence-electron chi connectivity index (χ0n) is 18.2. The van der Waals surface area contributed by atoms with Crippen molar-refractivity contribution in [1.82, 2.24) is 9.80 Å². The van der Waals surface area contributed by atoms with E-state index in [1.807, 2.05) is 11.9 Å². The van der Waals surface area contributed by atoms with Crippen LogP contribution in [0.15, 0.2) is 41.4 Å². The number of methoxy groups -OCH3 is 1. The van der Waals surface area contributed by atoms with Gasteiger partial charge in [-0.15, -0.1) is 11.3 Å². The van der Waals surface area contributed by atoms with Crippen LogP contribution >= 0.6 is 11.3 Å². The summed E-state index contributed by atoms with van der Waals surface area (Å²) in [6.07, 6.45) is 3.12. The summed E-state index contributed by atoms with van der Waals surface area (Å²) in [6, 6.07) is 8.90. The molecule has 154 valence electrons. The first-order valence-corrected chi connectivity index (χ1v) is 11.1. The average molecular weight is 411 g/mol. The molecule has 0 fully saturated rings. The Balaban J connectivity index is 1.80. The minimum absolute atomic E-state index is 0.107. The molecule has 4 rings (SSSR count). The molecule has 2 aromatic rings. The molecular formula is C24H30N2O2S. The zero-order chi connectivity index (χ0) is 20.9. The van der Waals surface area contributed by atoms with Crippen molar-refractivity contribution in [3.05, 3.63) is 63.0 Å². The van der Waals surface area contributed by atoms with Gasteiger partial charge in [0.1, 0.15) is 5.75 Å². The highest BCUT2D eigenvalue weighted by atomic mass is 32.1. The third-order valence-corrected chi connectivity index (χ3v) is 7.30. The maximum atomic E-state index is 13.4. The van der Waals surface area contributed by atoms with E-state index < -0.39 is 0 Å². The molecule has 0 N–H and O–H groups in total. The lowest BCUT2D eigenvalue weighted by Crippen LogP contribution is -2.46. The molecule has 2 aliphatic rings. The number of amides is 1. The van der Waals surface area contributed by atoms with Crippen molar-refractivity contribution in [3.63, 3.8) is 0 Å². The quantitative estimate of drug-likeness (QED) is 0.721. The first kappa shape index (κ1) is 20.0. The van der Waals surface area contributed by atoms with Crippen LogP contribution in [0.3, 0.4) is 0 Å². The summed E-state index contributed by atoms with van der Waals surface area (Å²) in [5.74, 6) is 1.24. The Bertz CT molecular complexity index is 956. The summed E-state index contributed by atoms with van der Waals surface area (Å²) in [5, 5.41) is 2.12. The molecule has 3 heterocycles. The largest absolute Gasteiger partial charge is 0.496 e. The van der Waals surface area contributed by atoms with Gasteiger partial charge in [0, 0.05) is 29.9 Å². The van der Waals surface area contributed by atoms with Crippen LogP contribution in [0.25, 0.3) is 0 Å². The molecule has 5 heteroatoms. The Morgan fingerprint density at radius 2 is 2.07 bits per heavy atom. The standard InChI is InChI=1S/C24H30N2O2S/c1-15-12-17-16(13-20(15)28-6)9-10-26-19(23(27)25(5)24(2,3)4)14-18(22(17)26)21-8-7-11-29-21/h7-8,11-14,18,22H,9-10H2,1-6H3. The normalized spacial score (nSPS) is 20.8. The van der Waals surface area contributed by atoms with Gasteiger partial charge in [0.2, 0.25) is 0 Å². The number of nitrogens with zero attached hydrogens (tertiary/aromatic N) is 2. The summed E-state index contributed by atoms with van der Waals surface area (Å²) in [4.78, 5) is 18.9. The fourth-order valence-corrected chi connectivity index (χ4v) is 5.24. The summed E-state index contributed by atoms with van der Waals surface area (Å²) in [6.45, 7) is 9.18. The first-order chi connectivity index (χ1) is 13.7. The molecule has 0 saturated heterocycles. The van der Waals surface area contributed by atoms with Crippen molar-refractivity contribution in [2.24, 2.45) is 0 Å². The van der Waals surface area contributed by atoms with Gasteiger partial charge in [0.05, 0.1) is 18.8 Å². The van der Waals surface area contributed by atoms with Crippen molar-refractivity contribution >= 4 is 17.2 Å². The molecule has 1 aromatic heterocycles. The maximum Gasteiger partial charge on any atom is 0.270 e. The van der Waals surface area contributed by atoms with E-state index in [4.69, 9.17) is 4.74 Å². The van der Waals surface area contributed by atoms with E-state index in [9.17, 15) is 4.79 Å². The number of thiophene rings is 1. The Morgan fingerprint density at radius 3 is 2.69 bits per heavy atom. The lowest BCUT2D eigenvalue weighted by molar-refractivity contribution is -0.131. The van der Waals surface area contributed by atoms with Gasteiger partial charge in [0.25, 0.3) is 5.91 Å². The monoisotopic (exact) mass is 410 g/mol. The van der Waals surface area contributed by atoms with Gasteiger partial charge in [-0.1, -0.05) is 12.1 Å². The second-order valence-electron chi connectivity index (χ2n) is 9.04. The van der Waals surface area contributed by atoms with Gasteiger partial charge in [0.15, 0.2) is 0 Å². The fraction of sp³-hybridized carbons (Fsp3) is 0.458. The van der Waals surface area contributed by atoms with E-state index in [2.05, 4.69) is 68.3 Å². The average Bonchev–Trinajstić information content (AvgIpc) is 3.33. The molecule has 4 nitrogen and oxygen atoms in total. The fourth-order valence-electron chi connectivity index (χ4n) is 4.42. The molecule has 2 atom stereocenters. The van der Waals surface area contributed by atoms with Crippen LogP contribution < -0.4 is 4.74 Å². The van der Waals surface area contributed by atoms with Gasteiger partial charge in [-0.25, -0.2) is 0 Å². The number of benzene rings is 1. The molecule has 0 radical (unpaired) electrons. The highest BCUT2D eigenvalue weighted by molar-refractivity contribution is 7.10. The number of carbonyl (C=O) groups is 1. The Morgan fingerprint density at radius 1 is 1.31 bits per heavy atom. The van der Waals surface area contributed by atoms with Gasteiger partial charge < -0.3 is 14.5 Å². The highest BCUT2D eigenvalue weighted by Crippen LogP contribution is 2.50. The smallest absolute Gasteiger partial charge is 0.270 e. The second kappa shape index (κ2) is 7.21. The first-order valence-electron chi connectivity index (χ1n) is 10.2. The molecule has 29 heavy (non-hydrogen) atoms. The number of hydrogen-bond acceptors (Lipinski definition) is 4. The lowest BCUT2D eigenvalue weighted by atomic mass is 9.85. The number of fused-ring (bicyclic) bond motifs is 3. The molecule has 2 unspecified atom stereocenters. The van der Waals surface area contributed by atoms with Crippen LogP contribution in [-0.2, 0) is 11.2 Å². The van der Waals surface area contributed by atoms with Crippen LogP contribution in [0.4, 0.5) is 0 Å². The highest BCUT2D eigenvalue weighted by Gasteiger charge is 2.44. The van der Waals surface area contributed by atoms with Gasteiger partial charge >= 0.3 is 0 Å². The van der Waals surface area contributed by atoms with Crippen molar-refractivity contribution in [1.29, 1.82) is 0 Å². The topological polar surface area (TPSA) is 32.8 Å². The summed E-state index contributed by atoms with van der Waals surface area (Å²) < 4.78 is 5.56. The van der Waals surface area contributed by atoms with Crippen molar-refractivity contribution in [2.45, 2.75) is 51.6 Å². The van der Waals surface area contributed by atoms with Gasteiger partial charge in [-0.3, -0.25) is 4.79 Å². The Kier molecular flexibility index (Phi) is 4.97. The van der Waals surface area contributed by atoms with Crippen molar-refractivity contribution in [2.75, 3.05) is 20.7 Å². The third kappa shape index (κ3) is 3.35. The summed E-state index contributed by atoms with van der Waals surface area (Å²) >= 11 is 1.77. The van der Waals surface area contributed by atoms with E-state index in [0.717, 1.165) is 30.0 Å². The van der Waals surface area contributed by atoms with Gasteiger partial charge in [-0.05, 0) is 74.4 Å². The molecular weight excluding hydrogens is 380 g/mol. The molecule has 2 aliphatic heterocycles. The van der Waals surface area contributed by atoms with E-state index >= 15 is 0 Å². The number of aryl methyl sites for hydroxylation is 1. The van der Waals surface area contributed by atoms with Gasteiger partial charge in [-0.2, -0.15) is 0 Å². The third-order valence-electron chi connectivity index (χ3n) is 6.32. The number of ether oxygens (including phenoxy) is 1. The minimum atomic E-state index is -0.216. The van der Waals surface area contributed by atoms with Crippen LogP contribution in [0, 0.1) is 6.92 Å². The lowest BCUT2D eigenvalue weighted by Gasteiger charge is -2.40. The molecule has 1 aromatic carbocycles. The SMILES string of the molecule is COc1cc2c(cc1C)C1C(c3cccs3)C=C(C(=O)N(C)C(C)(C)C)N1CC2. The summed E-state index contributed by atoms with van der Waals surface area (Å²) in [5.41, 5.74) is 4.42. The van der Waals surface area contributed by atoms with E-state index in [-0.39, 0.29) is 23.4 Å². The predicted molar refractivity (Wildman–Crippen MR) is 119 cm³/mol. The number of likely N-dealkylation sites (N-methyl/N-ethyl adjacent to an activating group) is 1. The van der Waals surface area contributed by atoms with Crippen LogP contribution in [-0.4, -0.2) is 41.9 Å². The van der Waals surface area contributed by atoms with Crippen LogP contribution in [0.2, 0.25) is 0 Å². The maximum absolute atomic E-state index is 13.4. The molecule has 0 spiro atoms. The second-order valence-corrected chi connectivity index (χ2v) is 10.0. The molecule has 0 saturated carbocycles. The molecule has 0 aliphatic carbocycles. The Hall–Kier alpha value is -2.27. The summed E-state index contributed by atoms with van der Waals surface area (Å²) in [7, 11) is 3.64. The van der Waals surface area contributed by atoms with Crippen molar-refractivity contribution in [3.8, 4) is 5.75 Å². The number of carbonyl (C=O) groups excluding carboxylic acids is 1. The predicted octanol–water partition coefficient (Wildman–Crippen LogP) is 4.90. The number of rotatable bonds is 3. The number of hydrogen-bond donors (Lipinski definition) is 0. The van der Waals surface area contributed by atoms with Crippen LogP contribution in [0.1, 0.15) is 54.3 Å². The van der Waals surface area contributed by atoms with E-state index in [1.165, 1.54) is 16.0 Å². The van der Waals surface area contributed by atoms with E-state index in [1.54, 1.807) is 18.4 Å². The Labute approximate surface area is 177 Å². The minimum Gasteiger partial charge on any atom is -0.496 e. The molecule has 1 amide bonds.